The van der Waals surface area contributed by atoms with E-state index in [1.165, 1.54) is 24.2 Å². The summed E-state index contributed by atoms with van der Waals surface area (Å²) in [5.74, 6) is -0.838. The Morgan fingerprint density at radius 2 is 2.00 bits per heavy atom. The van der Waals surface area contributed by atoms with Crippen molar-refractivity contribution in [3.63, 3.8) is 0 Å². The molecule has 46 heavy (non-hydrogen) atoms. The number of anilines is 2. The van der Waals surface area contributed by atoms with E-state index in [0.29, 0.717) is 70.4 Å². The van der Waals surface area contributed by atoms with Crippen LogP contribution in [0.15, 0.2) is 55.0 Å². The number of tetrazole rings is 1. The number of amides is 2. The van der Waals surface area contributed by atoms with Gasteiger partial charge in [-0.1, -0.05) is 24.4 Å². The first-order valence-electron chi connectivity index (χ1n) is 14.4. The zero-order valence-electron chi connectivity index (χ0n) is 24.8. The molecule has 1 aliphatic rings. The molecule has 16 heteroatoms. The number of rotatable bonds is 9. The highest BCUT2D eigenvalue weighted by Gasteiger charge is 2.24. The van der Waals surface area contributed by atoms with E-state index in [9.17, 15) is 19.5 Å². The Morgan fingerprint density at radius 1 is 1.15 bits per heavy atom. The van der Waals surface area contributed by atoms with Crippen molar-refractivity contribution in [1.82, 2.24) is 35.5 Å². The van der Waals surface area contributed by atoms with Gasteiger partial charge in [0.2, 0.25) is 5.91 Å². The predicted molar refractivity (Wildman–Crippen MR) is 168 cm³/mol. The quantitative estimate of drug-likeness (QED) is 0.129. The summed E-state index contributed by atoms with van der Waals surface area (Å²) in [5.41, 5.74) is 3.27. The fourth-order valence-electron chi connectivity index (χ4n) is 4.93. The molecule has 2 aromatic heterocycles. The van der Waals surface area contributed by atoms with Crippen LogP contribution in [0.2, 0.25) is 5.02 Å². The number of benzene rings is 2. The van der Waals surface area contributed by atoms with Gasteiger partial charge in [-0.3, -0.25) is 10.1 Å². The lowest BCUT2D eigenvalue weighted by molar-refractivity contribution is -0.138. The van der Waals surface area contributed by atoms with Gasteiger partial charge in [0, 0.05) is 46.9 Å². The number of hydrogen-bond acceptors (Lipinski definition) is 10. The van der Waals surface area contributed by atoms with Gasteiger partial charge in [-0.2, -0.15) is 4.68 Å². The number of aliphatic carboxylic acids is 1. The average molecular weight is 650 g/mol. The number of hydrogen-bond donors (Lipinski definition) is 5. The number of carbonyl (C=O) groups excluding carboxylic acids is 2. The minimum absolute atomic E-state index is 0.0819. The maximum absolute atomic E-state index is 13.1. The molecule has 0 radical (unpaired) electrons. The highest BCUT2D eigenvalue weighted by molar-refractivity contribution is 6.30. The molecule has 2 aromatic carbocycles. The Morgan fingerprint density at radius 3 is 2.78 bits per heavy atom. The molecular formula is C30H32ClN9O6. The molecule has 0 fully saturated rings. The van der Waals surface area contributed by atoms with Crippen LogP contribution >= 0.6 is 11.6 Å². The van der Waals surface area contributed by atoms with Crippen LogP contribution in [-0.4, -0.2) is 79.6 Å². The summed E-state index contributed by atoms with van der Waals surface area (Å²) in [6, 6.07) is 8.79. The zero-order valence-corrected chi connectivity index (χ0v) is 25.5. The highest BCUT2D eigenvalue weighted by atomic mass is 35.5. The van der Waals surface area contributed by atoms with Gasteiger partial charge in [0.25, 0.3) is 0 Å². The second kappa shape index (κ2) is 15.1. The lowest BCUT2D eigenvalue weighted by Gasteiger charge is -2.21. The van der Waals surface area contributed by atoms with Crippen LogP contribution in [-0.2, 0) is 19.1 Å². The fraction of sp³-hybridized carbons (Fsp3) is 0.300. The minimum atomic E-state index is -1.01. The van der Waals surface area contributed by atoms with E-state index in [4.69, 9.17) is 26.1 Å². The maximum Gasteiger partial charge on any atom is 0.411 e. The largest absolute Gasteiger partial charge is 0.480 e. The molecule has 0 unspecified atom stereocenters. The number of nitrogens with one attached hydrogen (secondary N) is 4. The number of aromatic nitrogens is 6. The fourth-order valence-corrected chi connectivity index (χ4v) is 5.11. The lowest BCUT2D eigenvalue weighted by atomic mass is 10.0. The highest BCUT2D eigenvalue weighted by Crippen LogP contribution is 2.33. The lowest BCUT2D eigenvalue weighted by Crippen LogP contribution is -2.30. The third-order valence-corrected chi connectivity index (χ3v) is 7.40. The third-order valence-electron chi connectivity index (χ3n) is 7.17. The van der Waals surface area contributed by atoms with Crippen molar-refractivity contribution in [2.24, 2.45) is 0 Å². The van der Waals surface area contributed by atoms with Gasteiger partial charge in [-0.15, -0.1) is 5.10 Å². The standard InChI is InChI=1S/C30H32ClN9O6/c1-45-12-13-46-30(44)34-20-8-9-21-24(15-20)35-23(29(42)43)5-3-2-4-22(28-32-16-25(21)37-28)36-27(41)11-6-18-14-19(31)7-10-26(18)40-17-33-38-39-40/h6-11,14-17,22-23,35H,2-5,12-13H2,1H3,(H,32,37)(H,34,44)(H,36,41)(H,42,43)/t22-,23+/m0/s1. The van der Waals surface area contributed by atoms with Crippen molar-refractivity contribution in [2.45, 2.75) is 37.8 Å². The van der Waals surface area contributed by atoms with Crippen molar-refractivity contribution in [3.05, 3.63) is 71.4 Å². The molecule has 5 N–H and O–H groups in total. The summed E-state index contributed by atoms with van der Waals surface area (Å²) < 4.78 is 11.4. The Hall–Kier alpha value is -5.28. The van der Waals surface area contributed by atoms with Crippen LogP contribution in [0.25, 0.3) is 23.0 Å². The van der Waals surface area contributed by atoms with E-state index in [1.54, 1.807) is 48.7 Å². The molecule has 0 saturated heterocycles. The molecule has 1 aliphatic heterocycles. The molecule has 0 spiro atoms. The van der Waals surface area contributed by atoms with Crippen molar-refractivity contribution >= 4 is 47.0 Å². The Balaban J connectivity index is 1.38. The topological polar surface area (TPSA) is 198 Å². The molecule has 240 valence electrons. The van der Waals surface area contributed by atoms with E-state index in [0.717, 1.165) is 0 Å². The maximum atomic E-state index is 13.1. The molecule has 3 heterocycles. The number of fused-ring (bicyclic) bond motifs is 4. The van der Waals surface area contributed by atoms with Crippen molar-refractivity contribution in [3.8, 4) is 16.9 Å². The first kappa shape index (κ1) is 32.1. The van der Waals surface area contributed by atoms with Gasteiger partial charge in [0.15, 0.2) is 0 Å². The second-order valence-corrected chi connectivity index (χ2v) is 10.8. The summed E-state index contributed by atoms with van der Waals surface area (Å²) in [5, 5.41) is 30.4. The van der Waals surface area contributed by atoms with Crippen LogP contribution in [0.4, 0.5) is 16.2 Å². The summed E-state index contributed by atoms with van der Waals surface area (Å²) in [7, 11) is 1.50. The van der Waals surface area contributed by atoms with E-state index >= 15 is 0 Å². The second-order valence-electron chi connectivity index (χ2n) is 10.4. The normalized spacial score (nSPS) is 16.4. The smallest absolute Gasteiger partial charge is 0.411 e. The number of carbonyl (C=O) groups is 3. The Kier molecular flexibility index (Phi) is 10.6. The van der Waals surface area contributed by atoms with E-state index in [2.05, 4.69) is 36.5 Å². The number of imidazole rings is 1. The number of aromatic amines is 1. The molecule has 15 nitrogen and oxygen atoms in total. The van der Waals surface area contributed by atoms with Gasteiger partial charge in [0.1, 0.15) is 24.8 Å². The first-order chi connectivity index (χ1) is 22.3. The molecule has 2 bridgehead atoms. The number of H-pyrrole nitrogens is 1. The number of ether oxygens (including phenoxy) is 2. The van der Waals surface area contributed by atoms with Gasteiger partial charge in [0.05, 0.1) is 24.0 Å². The molecular weight excluding hydrogens is 618 g/mol. The molecule has 5 rings (SSSR count). The van der Waals surface area contributed by atoms with Crippen molar-refractivity contribution in [1.29, 1.82) is 0 Å². The van der Waals surface area contributed by atoms with Gasteiger partial charge >= 0.3 is 12.1 Å². The van der Waals surface area contributed by atoms with Crippen LogP contribution < -0.4 is 16.0 Å². The first-order valence-corrected chi connectivity index (χ1v) is 14.8. The number of methoxy groups -OCH3 is 1. The van der Waals surface area contributed by atoms with Gasteiger partial charge in [-0.05, 0) is 65.7 Å². The van der Waals surface area contributed by atoms with Crippen LogP contribution in [0.5, 0.6) is 0 Å². The van der Waals surface area contributed by atoms with Crippen molar-refractivity contribution in [2.75, 3.05) is 31.0 Å². The number of nitrogens with zero attached hydrogens (tertiary/aromatic N) is 5. The predicted octanol–water partition coefficient (Wildman–Crippen LogP) is 4.21. The number of halogens is 1. The van der Waals surface area contributed by atoms with Crippen molar-refractivity contribution < 1.29 is 29.0 Å². The van der Waals surface area contributed by atoms with Crippen LogP contribution in [0.3, 0.4) is 0 Å². The Bertz CT molecular complexity index is 1710. The van der Waals surface area contributed by atoms with Crippen LogP contribution in [0.1, 0.15) is 43.1 Å². The minimum Gasteiger partial charge on any atom is -0.480 e. The van der Waals surface area contributed by atoms with E-state index in [-0.39, 0.29) is 19.1 Å². The summed E-state index contributed by atoms with van der Waals surface area (Å²) >= 11 is 6.20. The van der Waals surface area contributed by atoms with Gasteiger partial charge < -0.3 is 30.2 Å². The van der Waals surface area contributed by atoms with E-state index in [1.807, 2.05) is 0 Å². The third kappa shape index (κ3) is 8.25. The monoisotopic (exact) mass is 649 g/mol. The number of carboxylic acids is 1. The molecule has 4 aromatic rings. The summed E-state index contributed by atoms with van der Waals surface area (Å²) in [6.45, 7) is 0.335. The summed E-state index contributed by atoms with van der Waals surface area (Å²) in [6.07, 6.45) is 7.52. The average Bonchev–Trinajstić information content (AvgIpc) is 3.74. The van der Waals surface area contributed by atoms with Crippen LogP contribution in [0, 0.1) is 0 Å². The van der Waals surface area contributed by atoms with Gasteiger partial charge in [-0.25, -0.2) is 14.6 Å². The number of carboxylic acid groups (broad SMARTS) is 1. The molecule has 0 aliphatic carbocycles. The summed E-state index contributed by atoms with van der Waals surface area (Å²) in [4.78, 5) is 45.4. The zero-order chi connectivity index (χ0) is 32.5. The molecule has 2 atom stereocenters. The Labute approximate surface area is 268 Å². The molecule has 0 saturated carbocycles. The molecule has 2 amide bonds. The SMILES string of the molecule is COCCOC(=O)Nc1ccc2c(c1)N[C@@H](C(=O)O)CCCC[C@H](NC(=O)C=Cc1cc(Cl)ccc1-n1cnnn1)c1nc-2c[nH]1. The van der Waals surface area contributed by atoms with E-state index < -0.39 is 24.1 Å².